The van der Waals surface area contributed by atoms with Gasteiger partial charge in [0, 0.05) is 24.2 Å². The van der Waals surface area contributed by atoms with Gasteiger partial charge in [-0.25, -0.2) is 8.42 Å². The lowest BCUT2D eigenvalue weighted by Crippen LogP contribution is -2.55. The third-order valence-electron chi connectivity index (χ3n) is 6.68. The van der Waals surface area contributed by atoms with Crippen LogP contribution in [0.5, 0.6) is 0 Å². The second-order valence-electron chi connectivity index (χ2n) is 9.74. The van der Waals surface area contributed by atoms with Gasteiger partial charge in [-0.3, -0.25) is 9.59 Å². The van der Waals surface area contributed by atoms with E-state index in [1.807, 2.05) is 4.90 Å². The predicted molar refractivity (Wildman–Crippen MR) is 133 cm³/mol. The minimum Gasteiger partial charge on any atom is -0.338 e. The van der Waals surface area contributed by atoms with Crippen molar-refractivity contribution in [2.45, 2.75) is 62.9 Å². The molecule has 2 saturated heterocycles. The van der Waals surface area contributed by atoms with E-state index in [4.69, 9.17) is 11.6 Å². The molecule has 184 valence electrons. The molecule has 2 aliphatic heterocycles. The lowest BCUT2D eigenvalue weighted by molar-refractivity contribution is -0.143. The topological polar surface area (TPSA) is 86.8 Å². The number of hydrogen-bond acceptors (Lipinski definition) is 4. The molecule has 34 heavy (non-hydrogen) atoms. The summed E-state index contributed by atoms with van der Waals surface area (Å²) in [7, 11) is -3.91. The number of amides is 2. The first kappa shape index (κ1) is 24.9. The number of halogens is 1. The van der Waals surface area contributed by atoms with Crippen LogP contribution in [-0.4, -0.2) is 61.7 Å². The number of nitrogens with zero attached hydrogens (tertiary/aromatic N) is 2. The second kappa shape index (κ2) is 10.2. The molecule has 2 unspecified atom stereocenters. The summed E-state index contributed by atoms with van der Waals surface area (Å²) in [5.74, 6) is 0.115. The highest BCUT2D eigenvalue weighted by Crippen LogP contribution is 2.25. The number of hydrogen-bond donors (Lipinski definition) is 1. The van der Waals surface area contributed by atoms with Gasteiger partial charge < -0.3 is 9.80 Å². The summed E-state index contributed by atoms with van der Waals surface area (Å²) in [6, 6.07) is 9.38. The Morgan fingerprint density at radius 2 is 1.79 bits per heavy atom. The SMILES string of the molecule is CC(C)CC1CCCN1C(=O)CN1CCCC(NS(=O)(=O)c2ccc3cc(Cl)ccc3c2)C1=O. The first-order valence-electron chi connectivity index (χ1n) is 11.9. The molecule has 0 radical (unpaired) electrons. The minimum atomic E-state index is -3.91. The highest BCUT2D eigenvalue weighted by atomic mass is 35.5. The number of carbonyl (C=O) groups is 2. The Hall–Kier alpha value is -2.16. The van der Waals surface area contributed by atoms with Crippen molar-refractivity contribution in [1.29, 1.82) is 0 Å². The van der Waals surface area contributed by atoms with Crippen LogP contribution in [0.3, 0.4) is 0 Å². The summed E-state index contributed by atoms with van der Waals surface area (Å²) >= 11 is 6.01. The molecule has 0 bridgehead atoms. The molecule has 7 nitrogen and oxygen atoms in total. The third kappa shape index (κ3) is 5.56. The molecule has 0 saturated carbocycles. The van der Waals surface area contributed by atoms with Crippen molar-refractivity contribution < 1.29 is 18.0 Å². The van der Waals surface area contributed by atoms with Gasteiger partial charge in [-0.2, -0.15) is 4.72 Å². The number of rotatable bonds is 7. The van der Waals surface area contributed by atoms with E-state index in [1.54, 1.807) is 30.3 Å². The van der Waals surface area contributed by atoms with E-state index in [0.29, 0.717) is 30.3 Å². The van der Waals surface area contributed by atoms with Gasteiger partial charge >= 0.3 is 0 Å². The van der Waals surface area contributed by atoms with E-state index in [2.05, 4.69) is 18.6 Å². The van der Waals surface area contributed by atoms with Crippen LogP contribution in [0.4, 0.5) is 0 Å². The highest BCUT2D eigenvalue weighted by Gasteiger charge is 2.36. The molecule has 2 atom stereocenters. The van der Waals surface area contributed by atoms with Gasteiger partial charge in [-0.1, -0.05) is 37.6 Å². The van der Waals surface area contributed by atoms with Crippen LogP contribution in [0, 0.1) is 5.92 Å². The summed E-state index contributed by atoms with van der Waals surface area (Å²) < 4.78 is 28.7. The third-order valence-corrected chi connectivity index (χ3v) is 8.38. The zero-order chi connectivity index (χ0) is 24.5. The van der Waals surface area contributed by atoms with Crippen LogP contribution >= 0.6 is 11.6 Å². The molecule has 9 heteroatoms. The number of fused-ring (bicyclic) bond motifs is 1. The maximum absolute atomic E-state index is 13.1. The molecule has 2 heterocycles. The molecule has 0 spiro atoms. The number of piperidine rings is 1. The number of sulfonamides is 1. The van der Waals surface area contributed by atoms with Crippen molar-refractivity contribution in [3.63, 3.8) is 0 Å². The Morgan fingerprint density at radius 3 is 2.56 bits per heavy atom. The average molecular weight is 506 g/mol. The van der Waals surface area contributed by atoms with Crippen molar-refractivity contribution >= 4 is 44.2 Å². The fraction of sp³-hybridized carbons (Fsp3) is 0.520. The van der Waals surface area contributed by atoms with Crippen LogP contribution in [-0.2, 0) is 19.6 Å². The van der Waals surface area contributed by atoms with Crippen molar-refractivity contribution in [3.05, 3.63) is 41.4 Å². The largest absolute Gasteiger partial charge is 0.338 e. The van der Waals surface area contributed by atoms with Crippen molar-refractivity contribution in [1.82, 2.24) is 14.5 Å². The maximum atomic E-state index is 13.1. The molecule has 0 aromatic heterocycles. The Morgan fingerprint density at radius 1 is 1.09 bits per heavy atom. The number of benzene rings is 2. The summed E-state index contributed by atoms with van der Waals surface area (Å²) in [5.41, 5.74) is 0. The molecule has 2 aliphatic rings. The summed E-state index contributed by atoms with van der Waals surface area (Å²) in [6.45, 7) is 5.49. The van der Waals surface area contributed by atoms with Crippen LogP contribution in [0.25, 0.3) is 10.8 Å². The molecular formula is C25H32ClN3O4S. The van der Waals surface area contributed by atoms with E-state index >= 15 is 0 Å². The monoisotopic (exact) mass is 505 g/mol. The summed E-state index contributed by atoms with van der Waals surface area (Å²) in [5, 5.41) is 2.16. The Balaban J connectivity index is 1.43. The molecule has 2 aromatic carbocycles. The van der Waals surface area contributed by atoms with E-state index in [0.717, 1.165) is 36.6 Å². The number of nitrogens with one attached hydrogen (secondary N) is 1. The second-order valence-corrected chi connectivity index (χ2v) is 11.9. The van der Waals surface area contributed by atoms with Gasteiger partial charge in [0.2, 0.25) is 21.8 Å². The van der Waals surface area contributed by atoms with Crippen molar-refractivity contribution in [3.8, 4) is 0 Å². The molecular weight excluding hydrogens is 474 g/mol. The highest BCUT2D eigenvalue weighted by molar-refractivity contribution is 7.89. The molecule has 1 N–H and O–H groups in total. The fourth-order valence-corrected chi connectivity index (χ4v) is 6.47. The average Bonchev–Trinajstić information content (AvgIpc) is 3.23. The van der Waals surface area contributed by atoms with Gasteiger partial charge in [0.15, 0.2) is 0 Å². The fourth-order valence-electron chi connectivity index (χ4n) is 5.03. The smallest absolute Gasteiger partial charge is 0.242 e. The van der Waals surface area contributed by atoms with Crippen LogP contribution in [0.15, 0.2) is 41.3 Å². The standard InChI is InChI=1S/C25H32ClN3O4S/c1-17(2)13-21-5-3-12-29(21)24(30)16-28-11-4-6-23(25(28)31)27-34(32,33)22-10-8-18-14-20(26)9-7-19(18)15-22/h7-10,14-15,17,21,23,27H,3-6,11-13,16H2,1-2H3. The normalized spacial score (nSPS) is 21.6. The first-order chi connectivity index (χ1) is 16.1. The summed E-state index contributed by atoms with van der Waals surface area (Å²) in [4.78, 5) is 29.6. The predicted octanol–water partition coefficient (Wildman–Crippen LogP) is 3.80. The molecule has 2 amide bonds. The van der Waals surface area contributed by atoms with E-state index in [-0.39, 0.29) is 29.3 Å². The Labute approximate surface area is 206 Å². The van der Waals surface area contributed by atoms with Gasteiger partial charge in [0.1, 0.15) is 6.04 Å². The van der Waals surface area contributed by atoms with Gasteiger partial charge in [0.05, 0.1) is 11.4 Å². The maximum Gasteiger partial charge on any atom is 0.242 e. The first-order valence-corrected chi connectivity index (χ1v) is 13.8. The van der Waals surface area contributed by atoms with Gasteiger partial charge in [-0.05, 0) is 73.1 Å². The van der Waals surface area contributed by atoms with Crippen molar-refractivity contribution in [2.24, 2.45) is 5.92 Å². The van der Waals surface area contributed by atoms with E-state index in [1.165, 1.54) is 11.0 Å². The lowest BCUT2D eigenvalue weighted by atomic mass is 10.0. The van der Waals surface area contributed by atoms with Crippen LogP contribution in [0.1, 0.15) is 46.0 Å². The lowest BCUT2D eigenvalue weighted by Gasteiger charge is -2.34. The zero-order valence-corrected chi connectivity index (χ0v) is 21.2. The molecule has 2 fully saturated rings. The van der Waals surface area contributed by atoms with Crippen molar-refractivity contribution in [2.75, 3.05) is 19.6 Å². The van der Waals surface area contributed by atoms with E-state index < -0.39 is 16.1 Å². The number of carbonyl (C=O) groups excluding carboxylic acids is 2. The van der Waals surface area contributed by atoms with E-state index in [9.17, 15) is 18.0 Å². The summed E-state index contributed by atoms with van der Waals surface area (Å²) in [6.07, 6.45) is 3.99. The van der Waals surface area contributed by atoms with Gasteiger partial charge in [-0.15, -0.1) is 0 Å². The number of likely N-dealkylation sites (tertiary alicyclic amines) is 2. The Kier molecular flexibility index (Phi) is 7.50. The molecule has 2 aromatic rings. The molecule has 4 rings (SSSR count). The van der Waals surface area contributed by atoms with Crippen LogP contribution in [0.2, 0.25) is 5.02 Å². The quantitative estimate of drug-likeness (QED) is 0.620. The molecule has 0 aliphatic carbocycles. The van der Waals surface area contributed by atoms with Crippen LogP contribution < -0.4 is 4.72 Å². The Bertz CT molecular complexity index is 1180. The zero-order valence-electron chi connectivity index (χ0n) is 19.7. The minimum absolute atomic E-state index is 0.00237. The van der Waals surface area contributed by atoms with Gasteiger partial charge in [0.25, 0.3) is 0 Å².